The monoisotopic (exact) mass is 458 g/mol. The van der Waals surface area contributed by atoms with Gasteiger partial charge < -0.3 is 9.64 Å². The summed E-state index contributed by atoms with van der Waals surface area (Å²) in [5, 5.41) is 0.810. The number of carbonyl (C=O) groups is 1. The number of piperazine rings is 1. The maximum atomic E-state index is 13.1. The number of rotatable bonds is 5. The number of halogens is 4. The van der Waals surface area contributed by atoms with E-state index < -0.39 is 0 Å². The van der Waals surface area contributed by atoms with Crippen LogP contribution in [0.15, 0.2) is 36.4 Å². The third-order valence-electron chi connectivity index (χ3n) is 5.08. The average Bonchev–Trinajstić information content (AvgIpc) is 2.69. The zero-order valence-corrected chi connectivity index (χ0v) is 18.4. The first-order valence-corrected chi connectivity index (χ1v) is 10.4. The van der Waals surface area contributed by atoms with Crippen molar-refractivity contribution in [2.24, 2.45) is 0 Å². The summed E-state index contributed by atoms with van der Waals surface area (Å²) >= 11 is 18.2. The Bertz CT molecular complexity index is 879. The van der Waals surface area contributed by atoms with Crippen LogP contribution in [0.2, 0.25) is 15.1 Å². The van der Waals surface area contributed by atoms with E-state index in [9.17, 15) is 9.18 Å². The van der Waals surface area contributed by atoms with Gasteiger partial charge in [0.05, 0.1) is 10.0 Å². The maximum Gasteiger partial charge on any atom is 0.260 e. The van der Waals surface area contributed by atoms with E-state index in [1.807, 2.05) is 6.92 Å². The van der Waals surface area contributed by atoms with Gasteiger partial charge in [-0.1, -0.05) is 46.9 Å². The van der Waals surface area contributed by atoms with Crippen molar-refractivity contribution in [1.82, 2.24) is 9.80 Å². The fourth-order valence-corrected chi connectivity index (χ4v) is 4.08. The van der Waals surface area contributed by atoms with Crippen LogP contribution in [0.4, 0.5) is 4.39 Å². The van der Waals surface area contributed by atoms with Crippen LogP contribution < -0.4 is 4.74 Å². The van der Waals surface area contributed by atoms with E-state index in [1.165, 1.54) is 12.1 Å². The Balaban J connectivity index is 1.60. The lowest BCUT2D eigenvalue weighted by Gasteiger charge is -2.44. The van der Waals surface area contributed by atoms with Crippen LogP contribution in [0.3, 0.4) is 0 Å². The Morgan fingerprint density at radius 1 is 1.03 bits per heavy atom. The Morgan fingerprint density at radius 3 is 2.38 bits per heavy atom. The van der Waals surface area contributed by atoms with Crippen LogP contribution in [-0.4, -0.2) is 47.5 Å². The molecule has 29 heavy (non-hydrogen) atoms. The zero-order chi connectivity index (χ0) is 21.1. The van der Waals surface area contributed by atoms with Crippen LogP contribution in [-0.2, 0) is 11.3 Å². The maximum absolute atomic E-state index is 13.1. The van der Waals surface area contributed by atoms with Crippen LogP contribution in [0, 0.1) is 5.82 Å². The highest BCUT2D eigenvalue weighted by Gasteiger charge is 2.32. The van der Waals surface area contributed by atoms with Gasteiger partial charge in [0.25, 0.3) is 5.91 Å². The minimum absolute atomic E-state index is 0.00746. The number of hydrogen-bond acceptors (Lipinski definition) is 3. The lowest BCUT2D eigenvalue weighted by atomic mass is 10.1. The van der Waals surface area contributed by atoms with E-state index in [4.69, 9.17) is 39.5 Å². The summed E-state index contributed by atoms with van der Waals surface area (Å²) in [6, 6.07) is 9.82. The van der Waals surface area contributed by atoms with Crippen molar-refractivity contribution in [1.29, 1.82) is 0 Å². The highest BCUT2D eigenvalue weighted by Crippen LogP contribution is 2.38. The van der Waals surface area contributed by atoms with Crippen LogP contribution >= 0.6 is 34.8 Å². The van der Waals surface area contributed by atoms with Gasteiger partial charge in [0, 0.05) is 31.7 Å². The summed E-state index contributed by atoms with van der Waals surface area (Å²) < 4.78 is 18.7. The molecule has 0 bridgehead atoms. The summed E-state index contributed by atoms with van der Waals surface area (Å²) in [5.41, 5.74) is 1.04. The smallest absolute Gasteiger partial charge is 0.260 e. The molecule has 1 amide bonds. The second kappa shape index (κ2) is 9.52. The minimum atomic E-state index is -0.245. The van der Waals surface area contributed by atoms with Crippen molar-refractivity contribution in [2.75, 3.05) is 19.7 Å². The summed E-state index contributed by atoms with van der Waals surface area (Å²) in [5.74, 6) is -0.173. The quantitative estimate of drug-likeness (QED) is 0.570. The zero-order valence-electron chi connectivity index (χ0n) is 16.2. The highest BCUT2D eigenvalue weighted by atomic mass is 35.5. The van der Waals surface area contributed by atoms with E-state index in [2.05, 4.69) is 11.8 Å². The SMILES string of the molecule is CC1CN(C(=O)COc2c(Cl)ccc(Cl)c2Cl)C(C)CN1Cc1ccc(F)cc1. The molecular weight excluding hydrogens is 438 g/mol. The number of nitrogens with zero attached hydrogens (tertiary/aromatic N) is 2. The number of hydrogen-bond donors (Lipinski definition) is 0. The van der Waals surface area contributed by atoms with Gasteiger partial charge in [-0.05, 0) is 43.7 Å². The van der Waals surface area contributed by atoms with Gasteiger partial charge in [0.1, 0.15) is 10.8 Å². The van der Waals surface area contributed by atoms with Crippen LogP contribution in [0.1, 0.15) is 19.4 Å². The van der Waals surface area contributed by atoms with Gasteiger partial charge in [-0.3, -0.25) is 9.69 Å². The molecule has 4 nitrogen and oxygen atoms in total. The fraction of sp³-hybridized carbons (Fsp3) is 0.381. The third-order valence-corrected chi connectivity index (χ3v) is 6.16. The Morgan fingerprint density at radius 2 is 1.69 bits per heavy atom. The third kappa shape index (κ3) is 5.34. The fourth-order valence-electron chi connectivity index (χ4n) is 3.45. The molecule has 0 aliphatic carbocycles. The summed E-state index contributed by atoms with van der Waals surface area (Å²) in [6.07, 6.45) is 0. The van der Waals surface area contributed by atoms with Gasteiger partial charge in [-0.2, -0.15) is 0 Å². The van der Waals surface area contributed by atoms with Crippen molar-refractivity contribution < 1.29 is 13.9 Å². The Kier molecular flexibility index (Phi) is 7.28. The molecule has 1 fully saturated rings. The molecule has 156 valence electrons. The molecule has 0 aromatic heterocycles. The van der Waals surface area contributed by atoms with Crippen LogP contribution in [0.5, 0.6) is 5.75 Å². The van der Waals surface area contributed by atoms with Crippen LogP contribution in [0.25, 0.3) is 0 Å². The van der Waals surface area contributed by atoms with E-state index in [0.29, 0.717) is 29.7 Å². The predicted octanol–water partition coefficient (Wildman–Crippen LogP) is 5.29. The van der Waals surface area contributed by atoms with E-state index >= 15 is 0 Å². The lowest BCUT2D eigenvalue weighted by molar-refractivity contribution is -0.139. The van der Waals surface area contributed by atoms with E-state index in [-0.39, 0.29) is 41.2 Å². The normalized spacial score (nSPS) is 20.0. The number of carbonyl (C=O) groups excluding carboxylic acids is 1. The summed E-state index contributed by atoms with van der Waals surface area (Å²) in [4.78, 5) is 16.8. The highest BCUT2D eigenvalue weighted by molar-refractivity contribution is 6.44. The molecule has 2 aromatic rings. The van der Waals surface area contributed by atoms with E-state index in [0.717, 1.165) is 5.56 Å². The van der Waals surface area contributed by atoms with Gasteiger partial charge in [0.15, 0.2) is 12.4 Å². The first-order chi connectivity index (χ1) is 13.8. The number of amides is 1. The molecule has 0 N–H and O–H groups in total. The first-order valence-electron chi connectivity index (χ1n) is 9.30. The lowest BCUT2D eigenvalue weighted by Crippen LogP contribution is -2.58. The second-order valence-corrected chi connectivity index (χ2v) is 8.45. The molecule has 1 aliphatic heterocycles. The molecule has 0 spiro atoms. The molecule has 0 radical (unpaired) electrons. The van der Waals surface area contributed by atoms with Crippen molar-refractivity contribution in [2.45, 2.75) is 32.5 Å². The molecule has 2 unspecified atom stereocenters. The summed E-state index contributed by atoms with van der Waals surface area (Å²) in [7, 11) is 0. The van der Waals surface area contributed by atoms with Crippen molar-refractivity contribution in [3.8, 4) is 5.75 Å². The summed E-state index contributed by atoms with van der Waals surface area (Å²) in [6.45, 7) is 5.89. The van der Waals surface area contributed by atoms with Gasteiger partial charge >= 0.3 is 0 Å². The molecule has 8 heteroatoms. The Labute approximate surface area is 185 Å². The first kappa shape index (κ1) is 22.2. The predicted molar refractivity (Wildman–Crippen MR) is 114 cm³/mol. The topological polar surface area (TPSA) is 32.8 Å². The molecule has 2 atom stereocenters. The standard InChI is InChI=1S/C21H22Cl3FN2O2/c1-13-10-27(14(2)9-26(13)11-15-3-5-16(25)6-4-15)19(28)12-29-21-18(23)8-7-17(22)20(21)24/h3-8,13-14H,9-12H2,1-2H3. The van der Waals surface area contributed by atoms with Gasteiger partial charge in [-0.15, -0.1) is 0 Å². The van der Waals surface area contributed by atoms with E-state index in [1.54, 1.807) is 29.2 Å². The molecular formula is C21H22Cl3FN2O2. The molecule has 1 heterocycles. The van der Waals surface area contributed by atoms with Crippen molar-refractivity contribution >= 4 is 40.7 Å². The van der Waals surface area contributed by atoms with Crippen molar-refractivity contribution in [3.05, 3.63) is 62.8 Å². The van der Waals surface area contributed by atoms with Gasteiger partial charge in [0.2, 0.25) is 0 Å². The van der Waals surface area contributed by atoms with Gasteiger partial charge in [-0.25, -0.2) is 4.39 Å². The molecule has 3 rings (SSSR count). The average molecular weight is 460 g/mol. The minimum Gasteiger partial charge on any atom is -0.481 e. The molecule has 0 saturated carbocycles. The molecule has 2 aromatic carbocycles. The largest absolute Gasteiger partial charge is 0.481 e. The number of benzene rings is 2. The van der Waals surface area contributed by atoms with Crippen molar-refractivity contribution in [3.63, 3.8) is 0 Å². The Hall–Kier alpha value is -1.53. The number of ether oxygens (including phenoxy) is 1. The molecule has 1 aliphatic rings. The second-order valence-electron chi connectivity index (χ2n) is 7.26. The molecule has 1 saturated heterocycles.